The fourth-order valence-corrected chi connectivity index (χ4v) is 3.17. The number of aliphatic hydroxyl groups is 2. The van der Waals surface area contributed by atoms with Crippen molar-refractivity contribution < 1.29 is 24.2 Å². The Hall–Kier alpha value is -2.59. The minimum Gasteiger partial charge on any atom is -0.394 e. The Kier molecular flexibility index (Phi) is 5.97. The van der Waals surface area contributed by atoms with Crippen LogP contribution in [0.25, 0.3) is 10.1 Å². The summed E-state index contributed by atoms with van der Waals surface area (Å²) in [6, 6.07) is 8.06. The fourth-order valence-electron chi connectivity index (χ4n) is 2.42. The number of carbonyl (C=O) groups excluding carboxylic acids is 1. The number of benzene rings is 2. The summed E-state index contributed by atoms with van der Waals surface area (Å²) in [5.41, 5.74) is 3.85. The van der Waals surface area contributed by atoms with Gasteiger partial charge in [0.25, 0.3) is 5.91 Å². The van der Waals surface area contributed by atoms with Crippen LogP contribution in [-0.2, 0) is 4.84 Å². The maximum Gasteiger partial charge on any atom is 0.277 e. The number of amides is 1. The molecule has 0 bridgehead atoms. The molecule has 1 aromatic heterocycles. The smallest absolute Gasteiger partial charge is 0.277 e. The highest BCUT2D eigenvalue weighted by Crippen LogP contribution is 2.33. The molecule has 0 saturated carbocycles. The number of hydrogen-bond donors (Lipinski definition) is 4. The zero-order valence-corrected chi connectivity index (χ0v) is 15.2. The van der Waals surface area contributed by atoms with Crippen LogP contribution in [0.1, 0.15) is 15.9 Å². The van der Waals surface area contributed by atoms with Gasteiger partial charge in [-0.15, -0.1) is 0 Å². The summed E-state index contributed by atoms with van der Waals surface area (Å²) in [6.07, 6.45) is 0.556. The van der Waals surface area contributed by atoms with E-state index >= 15 is 0 Å². The Morgan fingerprint density at radius 2 is 2.19 bits per heavy atom. The van der Waals surface area contributed by atoms with Crippen molar-refractivity contribution in [3.8, 4) is 0 Å². The molecule has 1 unspecified atom stereocenters. The molecule has 0 fully saturated rings. The van der Waals surface area contributed by atoms with Gasteiger partial charge in [-0.25, -0.2) is 9.87 Å². The average Bonchev–Trinajstić information content (AvgIpc) is 3.12. The van der Waals surface area contributed by atoms with Gasteiger partial charge in [-0.05, 0) is 42.2 Å². The Balaban J connectivity index is 1.91. The van der Waals surface area contributed by atoms with Gasteiger partial charge in [0.2, 0.25) is 0 Å². The summed E-state index contributed by atoms with van der Waals surface area (Å²) in [6.45, 7) is 1.04. The number of nitrogens with one attached hydrogen (secondary N) is 2. The molecule has 2 aromatic carbocycles. The second kappa shape index (κ2) is 8.40. The number of fused-ring (bicyclic) bond motifs is 1. The molecular weight excluding hydrogens is 373 g/mol. The number of halogens is 1. The van der Waals surface area contributed by atoms with Crippen LogP contribution in [0.4, 0.5) is 15.8 Å². The number of aromatic nitrogens is 1. The molecule has 27 heavy (non-hydrogen) atoms. The predicted molar refractivity (Wildman–Crippen MR) is 101 cm³/mol. The standard InChI is InChI=1S/C18H18FN3O4S/c1-10-2-5-15(14(19)6-10)21-16-13(4-3-11-7-20-27-17(11)16)18(25)22-26-9-12(24)8-23/h2-7,12,21,23-24H,8-9H2,1H3,(H,22,25). The van der Waals surface area contributed by atoms with Crippen molar-refractivity contribution in [3.63, 3.8) is 0 Å². The van der Waals surface area contributed by atoms with Crippen LogP contribution in [0.5, 0.6) is 0 Å². The molecule has 0 saturated heterocycles. The van der Waals surface area contributed by atoms with E-state index in [1.807, 2.05) is 0 Å². The molecule has 3 rings (SSSR count). The van der Waals surface area contributed by atoms with Gasteiger partial charge in [0, 0.05) is 11.6 Å². The van der Waals surface area contributed by atoms with E-state index in [9.17, 15) is 14.3 Å². The summed E-state index contributed by atoms with van der Waals surface area (Å²) >= 11 is 1.18. The molecule has 0 aliphatic heterocycles. The molecule has 0 aliphatic rings. The van der Waals surface area contributed by atoms with Crippen molar-refractivity contribution in [3.05, 3.63) is 53.5 Å². The first kappa shape index (κ1) is 19.2. The first-order valence-corrected chi connectivity index (χ1v) is 8.88. The normalized spacial score (nSPS) is 12.1. The van der Waals surface area contributed by atoms with E-state index in [1.165, 1.54) is 17.6 Å². The number of carbonyl (C=O) groups is 1. The van der Waals surface area contributed by atoms with Crippen molar-refractivity contribution >= 4 is 38.9 Å². The first-order valence-electron chi connectivity index (χ1n) is 8.11. The number of aliphatic hydroxyl groups excluding tert-OH is 2. The first-order chi connectivity index (χ1) is 13.0. The summed E-state index contributed by atoms with van der Waals surface area (Å²) in [5, 5.41) is 21.8. The van der Waals surface area contributed by atoms with E-state index in [1.54, 1.807) is 37.4 Å². The number of nitrogens with zero attached hydrogens (tertiary/aromatic N) is 1. The third-order valence-electron chi connectivity index (χ3n) is 3.80. The van der Waals surface area contributed by atoms with E-state index in [2.05, 4.69) is 15.2 Å². The van der Waals surface area contributed by atoms with E-state index in [0.717, 1.165) is 10.9 Å². The molecule has 7 nitrogen and oxygen atoms in total. The minimum absolute atomic E-state index is 0.227. The van der Waals surface area contributed by atoms with Crippen LogP contribution < -0.4 is 10.8 Å². The highest BCUT2D eigenvalue weighted by molar-refractivity contribution is 7.14. The third kappa shape index (κ3) is 4.40. The number of anilines is 2. The molecule has 0 spiro atoms. The van der Waals surface area contributed by atoms with Crippen molar-refractivity contribution in [2.45, 2.75) is 13.0 Å². The molecule has 4 N–H and O–H groups in total. The van der Waals surface area contributed by atoms with Crippen LogP contribution in [0, 0.1) is 12.7 Å². The summed E-state index contributed by atoms with van der Waals surface area (Å²) in [7, 11) is 0. The Labute approximate surface area is 158 Å². The van der Waals surface area contributed by atoms with Gasteiger partial charge in [0.1, 0.15) is 18.5 Å². The largest absolute Gasteiger partial charge is 0.394 e. The maximum absolute atomic E-state index is 14.3. The zero-order chi connectivity index (χ0) is 19.4. The molecule has 0 aliphatic carbocycles. The molecule has 1 atom stereocenters. The van der Waals surface area contributed by atoms with Crippen LogP contribution in [0.15, 0.2) is 36.5 Å². The van der Waals surface area contributed by atoms with Gasteiger partial charge in [0.05, 0.1) is 28.2 Å². The van der Waals surface area contributed by atoms with Crippen molar-refractivity contribution in [2.24, 2.45) is 0 Å². The number of hydrogen-bond acceptors (Lipinski definition) is 7. The minimum atomic E-state index is -1.10. The highest BCUT2D eigenvalue weighted by Gasteiger charge is 2.18. The van der Waals surface area contributed by atoms with Gasteiger partial charge in [-0.3, -0.25) is 9.63 Å². The van der Waals surface area contributed by atoms with Gasteiger partial charge in [0.15, 0.2) is 0 Å². The quantitative estimate of drug-likeness (QED) is 0.462. The van der Waals surface area contributed by atoms with Crippen LogP contribution >= 0.6 is 11.5 Å². The summed E-state index contributed by atoms with van der Waals surface area (Å²) in [4.78, 5) is 17.4. The van der Waals surface area contributed by atoms with Crippen molar-refractivity contribution in [1.29, 1.82) is 0 Å². The summed E-state index contributed by atoms with van der Waals surface area (Å²) in [5.74, 6) is -1.02. The van der Waals surface area contributed by atoms with Crippen LogP contribution in [-0.4, -0.2) is 39.8 Å². The van der Waals surface area contributed by atoms with Gasteiger partial charge >= 0.3 is 0 Å². The van der Waals surface area contributed by atoms with E-state index in [4.69, 9.17) is 9.94 Å². The molecule has 0 radical (unpaired) electrons. The van der Waals surface area contributed by atoms with E-state index in [0.29, 0.717) is 10.4 Å². The molecule has 3 aromatic rings. The van der Waals surface area contributed by atoms with Crippen LogP contribution in [0.2, 0.25) is 0 Å². The van der Waals surface area contributed by atoms with E-state index in [-0.39, 0.29) is 17.9 Å². The van der Waals surface area contributed by atoms with Crippen molar-refractivity contribution in [1.82, 2.24) is 9.85 Å². The average molecular weight is 391 g/mol. The molecule has 9 heteroatoms. The Morgan fingerprint density at radius 1 is 1.37 bits per heavy atom. The lowest BCUT2D eigenvalue weighted by atomic mass is 10.1. The number of hydroxylamine groups is 1. The van der Waals surface area contributed by atoms with Gasteiger partial charge < -0.3 is 15.5 Å². The van der Waals surface area contributed by atoms with Gasteiger partial charge in [-0.2, -0.15) is 4.37 Å². The summed E-state index contributed by atoms with van der Waals surface area (Å²) < 4.78 is 19.1. The molecular formula is C18H18FN3O4S. The maximum atomic E-state index is 14.3. The van der Waals surface area contributed by atoms with Gasteiger partial charge in [-0.1, -0.05) is 12.1 Å². The highest BCUT2D eigenvalue weighted by atomic mass is 32.1. The second-order valence-corrected chi connectivity index (χ2v) is 6.72. The monoisotopic (exact) mass is 391 g/mol. The molecule has 1 heterocycles. The van der Waals surface area contributed by atoms with Crippen LogP contribution in [0.3, 0.4) is 0 Å². The van der Waals surface area contributed by atoms with E-state index < -0.39 is 24.4 Å². The zero-order valence-electron chi connectivity index (χ0n) is 14.4. The lowest BCUT2D eigenvalue weighted by Gasteiger charge is -2.14. The molecule has 142 valence electrons. The Bertz CT molecular complexity index is 963. The topological polar surface area (TPSA) is 104 Å². The number of rotatable bonds is 7. The SMILES string of the molecule is Cc1ccc(Nc2c(C(=O)NOCC(O)CO)ccc3cnsc23)c(F)c1. The molecule has 1 amide bonds. The van der Waals surface area contributed by atoms with Crippen molar-refractivity contribution in [2.75, 3.05) is 18.5 Å². The number of aryl methyl sites for hydroxylation is 1. The predicted octanol–water partition coefficient (Wildman–Crippen LogP) is 2.50. The second-order valence-electron chi connectivity index (χ2n) is 5.92. The lowest BCUT2D eigenvalue weighted by molar-refractivity contribution is -0.0295. The third-order valence-corrected chi connectivity index (χ3v) is 4.64. The Morgan fingerprint density at radius 3 is 2.93 bits per heavy atom. The fraction of sp³-hybridized carbons (Fsp3) is 0.222. The lowest BCUT2D eigenvalue weighted by Crippen LogP contribution is -2.30.